The molecule has 15 heavy (non-hydrogen) atoms. The average molecular weight is 237 g/mol. The number of hydrogen-bond acceptors (Lipinski definition) is 4. The summed E-state index contributed by atoms with van der Waals surface area (Å²) in [5.74, 6) is -0.255. The zero-order chi connectivity index (χ0) is 12.1. The third-order valence-electron chi connectivity index (χ3n) is 1.94. The lowest BCUT2D eigenvalue weighted by atomic mass is 10.5. The Morgan fingerprint density at radius 3 is 2.20 bits per heavy atom. The second-order valence-electron chi connectivity index (χ2n) is 3.50. The van der Waals surface area contributed by atoms with Crippen molar-refractivity contribution in [3.05, 3.63) is 0 Å². The van der Waals surface area contributed by atoms with Crippen molar-refractivity contribution in [2.45, 2.75) is 6.42 Å². The lowest BCUT2D eigenvalue weighted by molar-refractivity contribution is -0.128. The molecule has 0 saturated carbocycles. The summed E-state index contributed by atoms with van der Waals surface area (Å²) in [6.45, 7) is 0.203. The number of likely N-dealkylation sites (N-methyl/N-ethyl adjacent to an activating group) is 2. The van der Waals surface area contributed by atoms with Crippen LogP contribution < -0.4 is 5.73 Å². The Morgan fingerprint density at radius 2 is 1.80 bits per heavy atom. The molecule has 0 rings (SSSR count). The number of rotatable bonds is 6. The van der Waals surface area contributed by atoms with E-state index in [0.29, 0.717) is 13.0 Å². The largest absolute Gasteiger partial charge is 0.348 e. The minimum atomic E-state index is -3.35. The van der Waals surface area contributed by atoms with Gasteiger partial charge in [-0.3, -0.25) is 4.79 Å². The van der Waals surface area contributed by atoms with E-state index in [4.69, 9.17) is 5.73 Å². The quantitative estimate of drug-likeness (QED) is 0.621. The molecule has 0 unspecified atom stereocenters. The monoisotopic (exact) mass is 237 g/mol. The van der Waals surface area contributed by atoms with Crippen molar-refractivity contribution >= 4 is 15.9 Å². The van der Waals surface area contributed by atoms with E-state index in [0.717, 1.165) is 4.31 Å². The topological polar surface area (TPSA) is 83.7 Å². The smallest absolute Gasteiger partial charge is 0.237 e. The summed E-state index contributed by atoms with van der Waals surface area (Å²) < 4.78 is 24.2. The summed E-state index contributed by atoms with van der Waals surface area (Å²) in [5.41, 5.74) is 5.23. The van der Waals surface area contributed by atoms with Crippen LogP contribution >= 0.6 is 0 Å². The van der Waals surface area contributed by atoms with E-state index < -0.39 is 10.0 Å². The molecule has 0 fully saturated rings. The first kappa shape index (κ1) is 14.3. The average Bonchev–Trinajstić information content (AvgIpc) is 2.14. The fourth-order valence-corrected chi connectivity index (χ4v) is 2.00. The SMILES string of the molecule is CN(C)C(=O)CN(C)S(=O)(=O)CCCN. The predicted molar refractivity (Wildman–Crippen MR) is 58.8 cm³/mol. The maximum absolute atomic E-state index is 11.5. The van der Waals surface area contributed by atoms with Crippen LogP contribution in [0.4, 0.5) is 0 Å². The standard InChI is InChI=1S/C8H19N3O3S/c1-10(2)8(12)7-11(3)15(13,14)6-4-5-9/h4-7,9H2,1-3H3. The summed E-state index contributed by atoms with van der Waals surface area (Å²) in [6.07, 6.45) is 0.406. The summed E-state index contributed by atoms with van der Waals surface area (Å²) in [5, 5.41) is 0. The van der Waals surface area contributed by atoms with Crippen molar-refractivity contribution in [2.24, 2.45) is 5.73 Å². The van der Waals surface area contributed by atoms with Gasteiger partial charge in [-0.05, 0) is 13.0 Å². The zero-order valence-corrected chi connectivity index (χ0v) is 10.2. The second kappa shape index (κ2) is 6.04. The van der Waals surface area contributed by atoms with Crippen LogP contribution in [0.15, 0.2) is 0 Å². The minimum absolute atomic E-state index is 0.0132. The predicted octanol–water partition coefficient (Wildman–Crippen LogP) is -1.31. The Bertz CT molecular complexity index is 300. The first-order valence-electron chi connectivity index (χ1n) is 4.65. The highest BCUT2D eigenvalue weighted by Gasteiger charge is 2.20. The van der Waals surface area contributed by atoms with E-state index in [2.05, 4.69) is 0 Å². The molecule has 0 atom stereocenters. The van der Waals surface area contributed by atoms with Crippen molar-refractivity contribution < 1.29 is 13.2 Å². The number of carbonyl (C=O) groups excluding carboxylic acids is 1. The summed E-state index contributed by atoms with van der Waals surface area (Å²) in [6, 6.07) is 0. The molecular formula is C8H19N3O3S. The van der Waals surface area contributed by atoms with E-state index in [1.54, 1.807) is 14.1 Å². The van der Waals surface area contributed by atoms with Gasteiger partial charge in [-0.25, -0.2) is 8.42 Å². The number of nitrogens with zero attached hydrogens (tertiary/aromatic N) is 2. The van der Waals surface area contributed by atoms with Gasteiger partial charge in [-0.15, -0.1) is 0 Å². The maximum Gasteiger partial charge on any atom is 0.237 e. The molecule has 0 spiro atoms. The highest BCUT2D eigenvalue weighted by molar-refractivity contribution is 7.89. The third-order valence-corrected chi connectivity index (χ3v) is 3.82. The summed E-state index contributed by atoms with van der Waals surface area (Å²) in [4.78, 5) is 12.6. The van der Waals surface area contributed by atoms with E-state index >= 15 is 0 Å². The van der Waals surface area contributed by atoms with E-state index in [-0.39, 0.29) is 18.2 Å². The van der Waals surface area contributed by atoms with Crippen LogP contribution in [0.25, 0.3) is 0 Å². The van der Waals surface area contributed by atoms with Crippen molar-refractivity contribution in [1.82, 2.24) is 9.21 Å². The second-order valence-corrected chi connectivity index (χ2v) is 5.70. The van der Waals surface area contributed by atoms with Gasteiger partial charge in [0.05, 0.1) is 12.3 Å². The highest BCUT2D eigenvalue weighted by atomic mass is 32.2. The van der Waals surface area contributed by atoms with Gasteiger partial charge in [-0.2, -0.15) is 4.31 Å². The summed E-state index contributed by atoms with van der Waals surface area (Å²) >= 11 is 0. The lowest BCUT2D eigenvalue weighted by Gasteiger charge is -2.18. The van der Waals surface area contributed by atoms with Gasteiger partial charge in [0.15, 0.2) is 0 Å². The first-order valence-corrected chi connectivity index (χ1v) is 6.26. The van der Waals surface area contributed by atoms with E-state index in [1.165, 1.54) is 11.9 Å². The van der Waals surface area contributed by atoms with Gasteiger partial charge in [0.25, 0.3) is 0 Å². The van der Waals surface area contributed by atoms with Crippen LogP contribution in [0.1, 0.15) is 6.42 Å². The Labute approximate surface area is 91.1 Å². The molecule has 0 heterocycles. The van der Waals surface area contributed by atoms with Crippen molar-refractivity contribution in [2.75, 3.05) is 40.0 Å². The van der Waals surface area contributed by atoms with Gasteiger partial charge in [0.1, 0.15) is 0 Å². The zero-order valence-electron chi connectivity index (χ0n) is 9.43. The molecule has 90 valence electrons. The van der Waals surface area contributed by atoms with Crippen LogP contribution in [0.5, 0.6) is 0 Å². The normalized spacial score (nSPS) is 11.8. The fraction of sp³-hybridized carbons (Fsp3) is 0.875. The molecule has 0 aromatic rings. The molecule has 2 N–H and O–H groups in total. The maximum atomic E-state index is 11.5. The van der Waals surface area contributed by atoms with Gasteiger partial charge in [0.2, 0.25) is 15.9 Å². The number of sulfonamides is 1. The first-order chi connectivity index (χ1) is 6.81. The van der Waals surface area contributed by atoms with Crippen molar-refractivity contribution in [3.63, 3.8) is 0 Å². The molecule has 0 saturated heterocycles. The molecule has 0 radical (unpaired) electrons. The number of carbonyl (C=O) groups is 1. The van der Waals surface area contributed by atoms with Crippen molar-refractivity contribution in [1.29, 1.82) is 0 Å². The van der Waals surface area contributed by atoms with Crippen LogP contribution in [0.3, 0.4) is 0 Å². The molecule has 0 aromatic carbocycles. The van der Waals surface area contributed by atoms with E-state index in [1.807, 2.05) is 0 Å². The minimum Gasteiger partial charge on any atom is -0.348 e. The molecule has 0 aliphatic heterocycles. The number of nitrogens with two attached hydrogens (primary N) is 1. The molecule has 0 bridgehead atoms. The Kier molecular flexibility index (Phi) is 5.77. The van der Waals surface area contributed by atoms with Gasteiger partial charge in [0, 0.05) is 21.1 Å². The molecule has 0 aliphatic rings. The Morgan fingerprint density at radius 1 is 1.27 bits per heavy atom. The van der Waals surface area contributed by atoms with Crippen LogP contribution in [-0.2, 0) is 14.8 Å². The summed E-state index contributed by atoms with van der Waals surface area (Å²) in [7, 11) is 1.22. The third kappa shape index (κ3) is 5.10. The molecule has 0 aromatic heterocycles. The molecule has 0 aliphatic carbocycles. The van der Waals surface area contributed by atoms with Crippen LogP contribution in [0.2, 0.25) is 0 Å². The van der Waals surface area contributed by atoms with Crippen LogP contribution in [0, 0.1) is 0 Å². The lowest BCUT2D eigenvalue weighted by Crippen LogP contribution is -2.39. The van der Waals surface area contributed by atoms with E-state index in [9.17, 15) is 13.2 Å². The number of hydrogen-bond donors (Lipinski definition) is 1. The Balaban J connectivity index is 4.31. The van der Waals surface area contributed by atoms with Gasteiger partial charge < -0.3 is 10.6 Å². The molecular weight excluding hydrogens is 218 g/mol. The van der Waals surface area contributed by atoms with Crippen molar-refractivity contribution in [3.8, 4) is 0 Å². The highest BCUT2D eigenvalue weighted by Crippen LogP contribution is 2.00. The molecule has 6 nitrogen and oxygen atoms in total. The number of amides is 1. The molecule has 7 heteroatoms. The van der Waals surface area contributed by atoms with Gasteiger partial charge >= 0.3 is 0 Å². The fourth-order valence-electron chi connectivity index (χ4n) is 0.852. The van der Waals surface area contributed by atoms with Gasteiger partial charge in [-0.1, -0.05) is 0 Å². The Hall–Kier alpha value is -0.660. The molecule has 1 amide bonds. The van der Waals surface area contributed by atoms with Crippen LogP contribution in [-0.4, -0.2) is 63.5 Å².